The zero-order chi connectivity index (χ0) is 13.8. The molecule has 20 heavy (non-hydrogen) atoms. The van der Waals surface area contributed by atoms with E-state index in [2.05, 4.69) is 15.4 Å². The second-order valence-electron chi connectivity index (χ2n) is 4.46. The molecule has 1 aliphatic rings. The molecule has 0 fully saturated rings. The Bertz CT molecular complexity index is 625. The van der Waals surface area contributed by atoms with Crippen molar-refractivity contribution in [2.45, 2.75) is 6.54 Å². The number of carbonyl (C=O) groups excluding carboxylic acids is 1. The molecule has 0 aliphatic carbocycles. The summed E-state index contributed by atoms with van der Waals surface area (Å²) in [4.78, 5) is 20.4. The number of aromatic nitrogens is 1. The highest BCUT2D eigenvalue weighted by Crippen LogP contribution is 2.07. The third-order valence-corrected chi connectivity index (χ3v) is 3.01. The Hall–Kier alpha value is -2.69. The predicted molar refractivity (Wildman–Crippen MR) is 75.8 cm³/mol. The summed E-state index contributed by atoms with van der Waals surface area (Å²) in [6.45, 7) is 0.650. The first kappa shape index (κ1) is 12.3. The summed E-state index contributed by atoms with van der Waals surface area (Å²) in [6.07, 6.45) is 1.71. The molecule has 1 amide bonds. The van der Waals surface area contributed by atoms with Gasteiger partial charge in [-0.15, -0.1) is 0 Å². The third-order valence-electron chi connectivity index (χ3n) is 3.01. The van der Waals surface area contributed by atoms with Crippen LogP contribution >= 0.6 is 0 Å². The van der Waals surface area contributed by atoms with E-state index in [9.17, 15) is 4.79 Å². The summed E-state index contributed by atoms with van der Waals surface area (Å²) in [5, 5.41) is 1.58. The first-order valence-electron chi connectivity index (χ1n) is 6.40. The van der Waals surface area contributed by atoms with E-state index in [1.807, 2.05) is 48.5 Å². The van der Waals surface area contributed by atoms with Gasteiger partial charge in [0.2, 0.25) is 0 Å². The smallest absolute Gasteiger partial charge is 0.262 e. The van der Waals surface area contributed by atoms with Crippen molar-refractivity contribution in [1.29, 1.82) is 0 Å². The lowest BCUT2D eigenvalue weighted by Crippen LogP contribution is -2.50. The quantitative estimate of drug-likeness (QED) is 0.913. The van der Waals surface area contributed by atoms with E-state index in [1.54, 1.807) is 11.2 Å². The van der Waals surface area contributed by atoms with Gasteiger partial charge in [0.1, 0.15) is 12.2 Å². The molecule has 0 atom stereocenters. The van der Waals surface area contributed by atoms with Gasteiger partial charge in [0.15, 0.2) is 5.84 Å². The van der Waals surface area contributed by atoms with E-state index in [0.29, 0.717) is 12.4 Å². The number of hydrogen-bond acceptors (Lipinski definition) is 4. The van der Waals surface area contributed by atoms with Crippen LogP contribution in [-0.2, 0) is 11.3 Å². The maximum absolute atomic E-state index is 11.9. The Morgan fingerprint density at radius 2 is 1.90 bits per heavy atom. The van der Waals surface area contributed by atoms with Crippen LogP contribution in [-0.4, -0.2) is 28.3 Å². The maximum Gasteiger partial charge on any atom is 0.262 e. The molecule has 0 saturated carbocycles. The van der Waals surface area contributed by atoms with Crippen molar-refractivity contribution in [2.24, 2.45) is 4.99 Å². The predicted octanol–water partition coefficient (Wildman–Crippen LogP) is 1.38. The first-order chi connectivity index (χ1) is 9.83. The molecule has 100 valence electrons. The number of amides is 1. The molecule has 3 rings (SSSR count). The molecule has 5 nitrogen and oxygen atoms in total. The van der Waals surface area contributed by atoms with Gasteiger partial charge in [-0.25, -0.2) is 5.01 Å². The minimum atomic E-state index is -0.0477. The average Bonchev–Trinajstić information content (AvgIpc) is 2.51. The first-order valence-corrected chi connectivity index (χ1v) is 6.40. The van der Waals surface area contributed by atoms with Crippen LogP contribution in [0.5, 0.6) is 0 Å². The zero-order valence-electron chi connectivity index (χ0n) is 10.9. The zero-order valence-corrected chi connectivity index (χ0v) is 10.9. The second kappa shape index (κ2) is 5.52. The normalized spacial score (nSPS) is 14.7. The number of hydrogen-bond donors (Lipinski definition) is 1. The number of rotatable bonds is 3. The van der Waals surface area contributed by atoms with Crippen LogP contribution in [0.25, 0.3) is 0 Å². The molecule has 0 unspecified atom stereocenters. The van der Waals surface area contributed by atoms with Crippen molar-refractivity contribution in [3.8, 4) is 0 Å². The number of nitrogens with zero attached hydrogens (tertiary/aromatic N) is 3. The van der Waals surface area contributed by atoms with Crippen LogP contribution < -0.4 is 5.43 Å². The summed E-state index contributed by atoms with van der Waals surface area (Å²) >= 11 is 0. The monoisotopic (exact) mass is 266 g/mol. The number of hydrazine groups is 1. The summed E-state index contributed by atoms with van der Waals surface area (Å²) in [7, 11) is 0. The highest BCUT2D eigenvalue weighted by molar-refractivity contribution is 6.01. The summed E-state index contributed by atoms with van der Waals surface area (Å²) in [5.41, 5.74) is 4.84. The Labute approximate surface area is 116 Å². The van der Waals surface area contributed by atoms with Crippen LogP contribution in [0.3, 0.4) is 0 Å². The average molecular weight is 266 g/mol. The van der Waals surface area contributed by atoms with Gasteiger partial charge >= 0.3 is 0 Å². The van der Waals surface area contributed by atoms with Gasteiger partial charge in [0.05, 0.1) is 6.54 Å². The molecule has 1 aromatic heterocycles. The largest absolute Gasteiger partial charge is 0.277 e. The molecule has 0 spiro atoms. The Morgan fingerprint density at radius 1 is 1.10 bits per heavy atom. The van der Waals surface area contributed by atoms with Gasteiger partial charge in [-0.2, -0.15) is 0 Å². The van der Waals surface area contributed by atoms with Crippen molar-refractivity contribution >= 4 is 11.7 Å². The molecule has 2 heterocycles. The van der Waals surface area contributed by atoms with E-state index < -0.39 is 0 Å². The number of pyridine rings is 1. The molecule has 0 bridgehead atoms. The number of nitrogens with one attached hydrogen (secondary N) is 1. The van der Waals surface area contributed by atoms with Crippen molar-refractivity contribution in [3.63, 3.8) is 0 Å². The lowest BCUT2D eigenvalue weighted by molar-refractivity contribution is -0.132. The lowest BCUT2D eigenvalue weighted by Gasteiger charge is -2.28. The van der Waals surface area contributed by atoms with Gasteiger partial charge in [-0.3, -0.25) is 20.2 Å². The van der Waals surface area contributed by atoms with Crippen molar-refractivity contribution in [1.82, 2.24) is 15.4 Å². The Balaban J connectivity index is 1.77. The van der Waals surface area contributed by atoms with Crippen LogP contribution in [0, 0.1) is 0 Å². The van der Waals surface area contributed by atoms with Gasteiger partial charge < -0.3 is 0 Å². The summed E-state index contributed by atoms with van der Waals surface area (Å²) in [5.74, 6) is 0.578. The topological polar surface area (TPSA) is 57.6 Å². The number of benzene rings is 1. The van der Waals surface area contributed by atoms with Crippen LogP contribution in [0.1, 0.15) is 11.3 Å². The number of carbonyl (C=O) groups is 1. The Kier molecular flexibility index (Phi) is 3.41. The van der Waals surface area contributed by atoms with Crippen LogP contribution in [0.2, 0.25) is 0 Å². The van der Waals surface area contributed by atoms with Crippen molar-refractivity contribution in [2.75, 3.05) is 6.54 Å². The minimum absolute atomic E-state index is 0.0477. The van der Waals surface area contributed by atoms with Gasteiger partial charge in [-0.1, -0.05) is 36.4 Å². The SMILES string of the molecule is O=C1CN=C(c2ccccn2)NN1Cc1ccccc1. The molecule has 0 radical (unpaired) electrons. The number of amidine groups is 1. The Morgan fingerprint density at radius 3 is 2.65 bits per heavy atom. The lowest BCUT2D eigenvalue weighted by atomic mass is 10.2. The highest BCUT2D eigenvalue weighted by Gasteiger charge is 2.21. The van der Waals surface area contributed by atoms with E-state index in [-0.39, 0.29) is 12.5 Å². The van der Waals surface area contributed by atoms with Gasteiger partial charge in [-0.05, 0) is 17.7 Å². The fourth-order valence-electron chi connectivity index (χ4n) is 1.99. The highest BCUT2D eigenvalue weighted by atomic mass is 16.2. The molecular formula is C15H14N4O. The van der Waals surface area contributed by atoms with Crippen LogP contribution in [0.4, 0.5) is 0 Å². The van der Waals surface area contributed by atoms with Crippen molar-refractivity contribution in [3.05, 3.63) is 66.0 Å². The molecule has 1 N–H and O–H groups in total. The van der Waals surface area contributed by atoms with E-state index >= 15 is 0 Å². The summed E-state index contributed by atoms with van der Waals surface area (Å²) in [6, 6.07) is 15.4. The molecule has 0 saturated heterocycles. The van der Waals surface area contributed by atoms with E-state index in [4.69, 9.17) is 0 Å². The molecule has 1 aliphatic heterocycles. The van der Waals surface area contributed by atoms with Gasteiger partial charge in [0.25, 0.3) is 5.91 Å². The third kappa shape index (κ3) is 2.66. The number of aliphatic imine (C=N–C) groups is 1. The molecule has 5 heteroatoms. The fraction of sp³-hybridized carbons (Fsp3) is 0.133. The minimum Gasteiger partial charge on any atom is -0.277 e. The molecule has 2 aromatic rings. The summed E-state index contributed by atoms with van der Waals surface area (Å²) < 4.78 is 0. The van der Waals surface area contributed by atoms with Crippen LogP contribution in [0.15, 0.2) is 59.7 Å². The van der Waals surface area contributed by atoms with E-state index in [1.165, 1.54) is 0 Å². The molecular weight excluding hydrogens is 252 g/mol. The second-order valence-corrected chi connectivity index (χ2v) is 4.46. The molecule has 1 aromatic carbocycles. The van der Waals surface area contributed by atoms with Crippen molar-refractivity contribution < 1.29 is 4.79 Å². The fourth-order valence-corrected chi connectivity index (χ4v) is 1.99. The van der Waals surface area contributed by atoms with E-state index in [0.717, 1.165) is 11.3 Å². The standard InChI is InChI=1S/C15H14N4O/c20-14-10-17-15(13-8-4-5-9-16-13)18-19(14)11-12-6-2-1-3-7-12/h1-9H,10-11H2,(H,17,18). The van der Waals surface area contributed by atoms with Gasteiger partial charge in [0, 0.05) is 6.20 Å². The maximum atomic E-state index is 11.9.